The van der Waals surface area contributed by atoms with Crippen molar-refractivity contribution in [3.8, 4) is 0 Å². The second-order valence-electron chi connectivity index (χ2n) is 3.70. The first-order valence-electron chi connectivity index (χ1n) is 4.65. The van der Waals surface area contributed by atoms with Gasteiger partial charge in [0.1, 0.15) is 0 Å². The van der Waals surface area contributed by atoms with Crippen molar-refractivity contribution in [3.05, 3.63) is 12.7 Å². The Morgan fingerprint density at radius 2 is 2.08 bits per heavy atom. The van der Waals surface area contributed by atoms with Gasteiger partial charge >= 0.3 is 0 Å². The van der Waals surface area contributed by atoms with Crippen LogP contribution in [-0.4, -0.2) is 18.0 Å². The van der Waals surface area contributed by atoms with Crippen molar-refractivity contribution in [2.75, 3.05) is 0 Å². The standard InChI is InChI=1S/C10H20N2O/c1-5-6-8(4)12-10(13)9(11)7(2)3/h5,7-9H,1,6,11H2,2-4H3,(H,12,13)/t8?,9-/m0/s1. The Hall–Kier alpha value is -0.830. The summed E-state index contributed by atoms with van der Waals surface area (Å²) in [5, 5.41) is 2.83. The first-order valence-corrected chi connectivity index (χ1v) is 4.65. The minimum Gasteiger partial charge on any atom is -0.352 e. The number of carbonyl (C=O) groups is 1. The van der Waals surface area contributed by atoms with Crippen LogP contribution in [0.25, 0.3) is 0 Å². The first-order chi connectivity index (χ1) is 5.99. The van der Waals surface area contributed by atoms with E-state index in [9.17, 15) is 4.79 Å². The molecule has 0 fully saturated rings. The molecule has 0 saturated carbocycles. The third-order valence-electron chi connectivity index (χ3n) is 1.93. The van der Waals surface area contributed by atoms with Gasteiger partial charge in [-0.3, -0.25) is 4.79 Å². The minimum atomic E-state index is -0.410. The van der Waals surface area contributed by atoms with Crippen LogP contribution >= 0.6 is 0 Å². The van der Waals surface area contributed by atoms with E-state index in [-0.39, 0.29) is 17.9 Å². The summed E-state index contributed by atoms with van der Waals surface area (Å²) in [6.45, 7) is 9.41. The van der Waals surface area contributed by atoms with Gasteiger partial charge in [0, 0.05) is 6.04 Å². The monoisotopic (exact) mass is 184 g/mol. The molecule has 3 N–H and O–H groups in total. The van der Waals surface area contributed by atoms with E-state index in [0.717, 1.165) is 6.42 Å². The van der Waals surface area contributed by atoms with Crippen molar-refractivity contribution in [3.63, 3.8) is 0 Å². The highest BCUT2D eigenvalue weighted by Gasteiger charge is 2.17. The van der Waals surface area contributed by atoms with Gasteiger partial charge in [-0.05, 0) is 19.3 Å². The van der Waals surface area contributed by atoms with Gasteiger partial charge in [-0.2, -0.15) is 0 Å². The summed E-state index contributed by atoms with van der Waals surface area (Å²) >= 11 is 0. The molecular weight excluding hydrogens is 164 g/mol. The van der Waals surface area contributed by atoms with E-state index in [1.165, 1.54) is 0 Å². The maximum absolute atomic E-state index is 11.4. The Bertz CT molecular complexity index is 178. The molecule has 3 heteroatoms. The molecule has 0 heterocycles. The molecule has 0 aliphatic heterocycles. The zero-order valence-corrected chi connectivity index (χ0v) is 8.71. The molecule has 0 aliphatic rings. The third kappa shape index (κ3) is 4.68. The number of carbonyl (C=O) groups excluding carboxylic acids is 1. The Kier molecular flexibility index (Phi) is 5.39. The van der Waals surface area contributed by atoms with Crippen LogP contribution in [0.2, 0.25) is 0 Å². The molecule has 0 rings (SSSR count). The van der Waals surface area contributed by atoms with Gasteiger partial charge in [0.15, 0.2) is 0 Å². The lowest BCUT2D eigenvalue weighted by atomic mass is 10.0. The highest BCUT2D eigenvalue weighted by atomic mass is 16.2. The van der Waals surface area contributed by atoms with Crippen molar-refractivity contribution in [1.29, 1.82) is 0 Å². The van der Waals surface area contributed by atoms with E-state index in [0.29, 0.717) is 0 Å². The molecule has 2 atom stereocenters. The molecule has 0 aromatic heterocycles. The lowest BCUT2D eigenvalue weighted by Gasteiger charge is -2.18. The summed E-state index contributed by atoms with van der Waals surface area (Å²) in [6, 6.07) is -0.290. The number of hydrogen-bond donors (Lipinski definition) is 2. The van der Waals surface area contributed by atoms with Crippen molar-refractivity contribution in [1.82, 2.24) is 5.32 Å². The van der Waals surface area contributed by atoms with Gasteiger partial charge < -0.3 is 11.1 Å². The van der Waals surface area contributed by atoms with Crippen molar-refractivity contribution in [2.45, 2.75) is 39.3 Å². The first kappa shape index (κ1) is 12.2. The quantitative estimate of drug-likeness (QED) is 0.627. The smallest absolute Gasteiger partial charge is 0.237 e. The zero-order valence-electron chi connectivity index (χ0n) is 8.71. The maximum Gasteiger partial charge on any atom is 0.237 e. The predicted octanol–water partition coefficient (Wildman–Crippen LogP) is 1.05. The van der Waals surface area contributed by atoms with Gasteiger partial charge in [-0.1, -0.05) is 19.9 Å². The SMILES string of the molecule is C=CCC(C)NC(=O)[C@@H](N)C(C)C. The van der Waals surface area contributed by atoms with Crippen LogP contribution in [0.1, 0.15) is 27.2 Å². The summed E-state index contributed by atoms with van der Waals surface area (Å²) in [5.74, 6) is 0.0975. The molecule has 0 aromatic rings. The van der Waals surface area contributed by atoms with Crippen LogP contribution in [0.3, 0.4) is 0 Å². The van der Waals surface area contributed by atoms with Gasteiger partial charge in [0.2, 0.25) is 5.91 Å². The number of hydrogen-bond acceptors (Lipinski definition) is 2. The lowest BCUT2D eigenvalue weighted by Crippen LogP contribution is -2.46. The van der Waals surface area contributed by atoms with E-state index < -0.39 is 6.04 Å². The van der Waals surface area contributed by atoms with Gasteiger partial charge in [-0.25, -0.2) is 0 Å². The normalized spacial score (nSPS) is 15.2. The molecule has 0 radical (unpaired) electrons. The molecule has 0 bridgehead atoms. The van der Waals surface area contributed by atoms with E-state index in [1.807, 2.05) is 20.8 Å². The van der Waals surface area contributed by atoms with Crippen LogP contribution < -0.4 is 11.1 Å². The molecule has 1 unspecified atom stereocenters. The Labute approximate surface area is 80.4 Å². The van der Waals surface area contributed by atoms with Gasteiger partial charge in [-0.15, -0.1) is 6.58 Å². The summed E-state index contributed by atoms with van der Waals surface area (Å²) in [6.07, 6.45) is 2.56. The van der Waals surface area contributed by atoms with E-state index in [2.05, 4.69) is 11.9 Å². The lowest BCUT2D eigenvalue weighted by molar-refractivity contribution is -0.123. The van der Waals surface area contributed by atoms with Crippen LogP contribution in [0.5, 0.6) is 0 Å². The molecule has 0 saturated heterocycles. The average molecular weight is 184 g/mol. The molecular formula is C10H20N2O. The highest BCUT2D eigenvalue weighted by molar-refractivity contribution is 5.81. The molecule has 76 valence electrons. The number of rotatable bonds is 5. The molecule has 0 aromatic carbocycles. The van der Waals surface area contributed by atoms with Crippen molar-refractivity contribution >= 4 is 5.91 Å². The summed E-state index contributed by atoms with van der Waals surface area (Å²) in [4.78, 5) is 11.4. The van der Waals surface area contributed by atoms with Crippen LogP contribution in [0, 0.1) is 5.92 Å². The van der Waals surface area contributed by atoms with Gasteiger partial charge in [0.25, 0.3) is 0 Å². The van der Waals surface area contributed by atoms with E-state index >= 15 is 0 Å². The fourth-order valence-electron chi connectivity index (χ4n) is 0.951. The molecule has 0 spiro atoms. The summed E-state index contributed by atoms with van der Waals surface area (Å²) in [5.41, 5.74) is 5.67. The van der Waals surface area contributed by atoms with Gasteiger partial charge in [0.05, 0.1) is 6.04 Å². The van der Waals surface area contributed by atoms with Crippen LogP contribution in [0.4, 0.5) is 0 Å². The Morgan fingerprint density at radius 3 is 2.46 bits per heavy atom. The highest BCUT2D eigenvalue weighted by Crippen LogP contribution is 1.99. The zero-order chi connectivity index (χ0) is 10.4. The topological polar surface area (TPSA) is 55.1 Å². The second kappa shape index (κ2) is 5.75. The Balaban J connectivity index is 3.92. The molecule has 0 aliphatic carbocycles. The van der Waals surface area contributed by atoms with Crippen molar-refractivity contribution in [2.24, 2.45) is 11.7 Å². The fraction of sp³-hybridized carbons (Fsp3) is 0.700. The van der Waals surface area contributed by atoms with E-state index in [4.69, 9.17) is 5.73 Å². The number of nitrogens with one attached hydrogen (secondary N) is 1. The molecule has 3 nitrogen and oxygen atoms in total. The van der Waals surface area contributed by atoms with Crippen molar-refractivity contribution < 1.29 is 4.79 Å². The van der Waals surface area contributed by atoms with Crippen LogP contribution in [0.15, 0.2) is 12.7 Å². The average Bonchev–Trinajstić information content (AvgIpc) is 2.03. The number of nitrogens with two attached hydrogens (primary N) is 1. The Morgan fingerprint density at radius 1 is 1.54 bits per heavy atom. The number of amides is 1. The summed E-state index contributed by atoms with van der Waals surface area (Å²) in [7, 11) is 0. The van der Waals surface area contributed by atoms with Crippen LogP contribution in [-0.2, 0) is 4.79 Å². The third-order valence-corrected chi connectivity index (χ3v) is 1.93. The van der Waals surface area contributed by atoms with E-state index in [1.54, 1.807) is 6.08 Å². The largest absolute Gasteiger partial charge is 0.352 e. The summed E-state index contributed by atoms with van der Waals surface area (Å²) < 4.78 is 0. The second-order valence-corrected chi connectivity index (χ2v) is 3.70. The molecule has 1 amide bonds. The predicted molar refractivity (Wildman–Crippen MR) is 55.2 cm³/mol. The maximum atomic E-state index is 11.4. The minimum absolute atomic E-state index is 0.0793. The fourth-order valence-corrected chi connectivity index (χ4v) is 0.951. The molecule has 13 heavy (non-hydrogen) atoms.